The number of hydrogen-bond acceptors (Lipinski definition) is 10. The van der Waals surface area contributed by atoms with Crippen LogP contribution in [0.1, 0.15) is 78.1 Å². The molecule has 2 N–H and O–H groups in total. The second-order valence-electron chi connectivity index (χ2n) is 17.9. The van der Waals surface area contributed by atoms with Crippen molar-refractivity contribution in [2.75, 3.05) is 41.4 Å². The van der Waals surface area contributed by atoms with Crippen LogP contribution in [0, 0.1) is 23.7 Å². The van der Waals surface area contributed by atoms with E-state index in [0.29, 0.717) is 13.1 Å². The minimum Gasteiger partial charge on any atom is -0.453 e. The Morgan fingerprint density at radius 1 is 0.661 bits per heavy atom. The average molecular weight is 881 g/mol. The number of ether oxygens (including phenoxy) is 2. The van der Waals surface area contributed by atoms with Gasteiger partial charge >= 0.3 is 12.2 Å². The van der Waals surface area contributed by atoms with E-state index in [0.717, 1.165) is 67.4 Å². The van der Waals surface area contributed by atoms with E-state index >= 15 is 0 Å². The Hall–Kier alpha value is -5.48. The Morgan fingerprint density at radius 3 is 1.40 bits per heavy atom. The van der Waals surface area contributed by atoms with Crippen LogP contribution in [-0.4, -0.2) is 117 Å². The maximum Gasteiger partial charge on any atom is 0.409 e. The topological polar surface area (TPSA) is 157 Å². The fraction of sp³-hybridized carbons (Fsp3) is 0.478. The Kier molecular flexibility index (Phi) is 11.8. The molecule has 6 atom stereocenters. The lowest BCUT2D eigenvalue weighted by Gasteiger charge is -2.34. The van der Waals surface area contributed by atoms with Gasteiger partial charge in [-0.05, 0) is 84.0 Å². The second kappa shape index (κ2) is 17.0. The van der Waals surface area contributed by atoms with Crippen LogP contribution < -0.4 is 0 Å². The molecule has 2 aliphatic rings. The first kappa shape index (κ1) is 43.2. The fourth-order valence-electron chi connectivity index (χ4n) is 9.55. The van der Waals surface area contributed by atoms with Gasteiger partial charge in [-0.1, -0.05) is 53.7 Å². The third-order valence-electron chi connectivity index (χ3n) is 12.5. The van der Waals surface area contributed by atoms with E-state index in [1.807, 2.05) is 49.6 Å². The molecule has 0 radical (unpaired) electrons. The number of nitrogens with zero attached hydrogens (tertiary/aromatic N) is 6. The van der Waals surface area contributed by atoms with Crippen molar-refractivity contribution in [2.24, 2.45) is 23.7 Å². The number of fused-ring (bicyclic) bond motifs is 3. The third-order valence-corrected chi connectivity index (χ3v) is 14.9. The molecule has 2 aliphatic heterocycles. The quantitative estimate of drug-likeness (QED) is 0.138. The fourth-order valence-corrected chi connectivity index (χ4v) is 11.9. The van der Waals surface area contributed by atoms with Gasteiger partial charge in [0.05, 0.1) is 48.4 Å². The molecular formula is C46H56N8O6S2. The van der Waals surface area contributed by atoms with Gasteiger partial charge in [0.25, 0.3) is 0 Å². The predicted molar refractivity (Wildman–Crippen MR) is 244 cm³/mol. The van der Waals surface area contributed by atoms with E-state index in [1.165, 1.54) is 33.4 Å². The molecule has 62 heavy (non-hydrogen) atoms. The van der Waals surface area contributed by atoms with Gasteiger partial charge in [0.2, 0.25) is 11.8 Å². The van der Waals surface area contributed by atoms with Crippen molar-refractivity contribution in [1.82, 2.24) is 39.5 Å². The summed E-state index contributed by atoms with van der Waals surface area (Å²) in [5, 5.41) is 0. The minimum absolute atomic E-state index is 0.0999. The molecule has 16 heteroatoms. The first-order valence-electron chi connectivity index (χ1n) is 21.3. The summed E-state index contributed by atoms with van der Waals surface area (Å²) in [6.07, 6.45) is 0.486. The van der Waals surface area contributed by atoms with E-state index < -0.39 is 24.3 Å². The van der Waals surface area contributed by atoms with Gasteiger partial charge in [-0.25, -0.2) is 19.6 Å². The number of benzene rings is 2. The highest BCUT2D eigenvalue weighted by atomic mass is 32.1. The van der Waals surface area contributed by atoms with E-state index in [9.17, 15) is 19.2 Å². The zero-order chi connectivity index (χ0) is 44.3. The number of rotatable bonds is 10. The molecule has 2 fully saturated rings. The molecule has 8 rings (SSSR count). The van der Waals surface area contributed by atoms with Crippen molar-refractivity contribution in [3.05, 3.63) is 60.2 Å². The molecule has 14 nitrogen and oxygen atoms in total. The molecule has 0 aliphatic carbocycles. The number of aromatic nitrogens is 4. The van der Waals surface area contributed by atoms with Crippen molar-refractivity contribution >= 4 is 78.1 Å². The van der Waals surface area contributed by atoms with Gasteiger partial charge in [0.1, 0.15) is 23.7 Å². The zero-order valence-electron chi connectivity index (χ0n) is 37.0. The van der Waals surface area contributed by atoms with E-state index in [2.05, 4.69) is 60.2 Å². The zero-order valence-corrected chi connectivity index (χ0v) is 38.6. The van der Waals surface area contributed by atoms with Gasteiger partial charge < -0.3 is 29.2 Å². The summed E-state index contributed by atoms with van der Waals surface area (Å²) >= 11 is 3.50. The summed E-state index contributed by atoms with van der Waals surface area (Å²) < 4.78 is 12.3. The lowest BCUT2D eigenvalue weighted by molar-refractivity contribution is -0.139. The number of amides is 4. The number of hydrogen-bond donors (Lipinski definition) is 2. The molecule has 4 amide bonds. The van der Waals surface area contributed by atoms with Crippen LogP contribution >= 0.6 is 22.7 Å². The van der Waals surface area contributed by atoms with Crippen LogP contribution in [0.25, 0.3) is 52.3 Å². The molecule has 0 unspecified atom stereocenters. The summed E-state index contributed by atoms with van der Waals surface area (Å²) in [7, 11) is 5.90. The summed E-state index contributed by atoms with van der Waals surface area (Å²) in [4.78, 5) is 78.9. The van der Waals surface area contributed by atoms with Crippen molar-refractivity contribution < 1.29 is 28.7 Å². The highest BCUT2D eigenvalue weighted by Crippen LogP contribution is 2.44. The largest absolute Gasteiger partial charge is 0.453 e. The van der Waals surface area contributed by atoms with E-state index in [4.69, 9.17) is 19.4 Å². The standard InChI is InChI=1S/C46H56N8O6S2/c1-23(2)39(51(7)45(57)59-9)43(55)53-21-25(5)15-33(53)41-47-29-13-11-27(17-31(29)49-41)35-19-37-38(61-35)20-36(62-37)28-12-14-30-32(18-28)50-42(48-30)34-16-26(6)22-54(34)44(56)40(24(3)4)52(8)46(58)60-10/h11-14,17-20,23-26,33-34,39-40H,15-16,21-22H2,1-10H3,(H,47,49)(H,48,50)/t25-,26-,33-,34-,39-,40-/m0/s1. The van der Waals surface area contributed by atoms with Gasteiger partial charge in [-0.15, -0.1) is 22.7 Å². The molecule has 6 aromatic rings. The molecule has 6 heterocycles. The Morgan fingerprint density at radius 2 is 1.05 bits per heavy atom. The minimum atomic E-state index is -0.649. The van der Waals surface area contributed by atoms with Gasteiger partial charge in [0, 0.05) is 46.3 Å². The summed E-state index contributed by atoms with van der Waals surface area (Å²) in [6.45, 7) is 13.2. The number of likely N-dealkylation sites (tertiary alicyclic amines) is 2. The third kappa shape index (κ3) is 7.91. The molecule has 0 saturated carbocycles. The normalized spacial score (nSPS) is 20.2. The molecule has 328 valence electrons. The molecule has 4 aromatic heterocycles. The van der Waals surface area contributed by atoms with Crippen LogP contribution in [0.15, 0.2) is 48.5 Å². The summed E-state index contributed by atoms with van der Waals surface area (Å²) in [5.41, 5.74) is 5.68. The smallest absolute Gasteiger partial charge is 0.409 e. The number of carbonyl (C=O) groups is 4. The van der Waals surface area contributed by atoms with E-state index in [-0.39, 0.29) is 47.6 Å². The van der Waals surface area contributed by atoms with Crippen LogP contribution in [0.3, 0.4) is 0 Å². The maximum atomic E-state index is 14.0. The van der Waals surface area contributed by atoms with Crippen LogP contribution in [0.2, 0.25) is 0 Å². The monoisotopic (exact) mass is 880 g/mol. The number of carbonyl (C=O) groups excluding carboxylic acids is 4. The predicted octanol–water partition coefficient (Wildman–Crippen LogP) is 9.31. The first-order chi connectivity index (χ1) is 29.6. The number of nitrogens with one attached hydrogen (secondary N) is 2. The van der Waals surface area contributed by atoms with Gasteiger partial charge in [-0.2, -0.15) is 0 Å². The molecule has 0 bridgehead atoms. The highest BCUT2D eigenvalue weighted by Gasteiger charge is 2.43. The number of imidazole rings is 2. The number of aromatic amines is 2. The number of H-pyrrole nitrogens is 2. The lowest BCUT2D eigenvalue weighted by atomic mass is 10.0. The Balaban J connectivity index is 1.01. The second-order valence-corrected chi connectivity index (χ2v) is 20.1. The maximum absolute atomic E-state index is 14.0. The van der Waals surface area contributed by atoms with Gasteiger partial charge in [0.15, 0.2) is 0 Å². The summed E-state index contributed by atoms with van der Waals surface area (Å²) in [6, 6.07) is 15.3. The highest BCUT2D eigenvalue weighted by molar-refractivity contribution is 7.31. The van der Waals surface area contributed by atoms with Crippen LogP contribution in [0.4, 0.5) is 9.59 Å². The van der Waals surface area contributed by atoms with Crippen molar-refractivity contribution in [1.29, 1.82) is 0 Å². The summed E-state index contributed by atoms with van der Waals surface area (Å²) in [5.74, 6) is 1.67. The number of likely N-dealkylation sites (N-methyl/N-ethyl adjacent to an activating group) is 2. The molecule has 2 saturated heterocycles. The number of methoxy groups -OCH3 is 2. The first-order valence-corrected chi connectivity index (χ1v) is 23.0. The Bertz CT molecular complexity index is 2460. The Labute approximate surface area is 369 Å². The van der Waals surface area contributed by atoms with E-state index in [1.54, 1.807) is 36.8 Å². The van der Waals surface area contributed by atoms with Crippen LogP contribution in [-0.2, 0) is 19.1 Å². The molecule has 0 spiro atoms. The molecular weight excluding hydrogens is 825 g/mol. The number of thiophene rings is 2. The average Bonchev–Trinajstić information content (AvgIpc) is 4.09. The van der Waals surface area contributed by atoms with Crippen LogP contribution in [0.5, 0.6) is 0 Å². The van der Waals surface area contributed by atoms with Crippen molar-refractivity contribution in [3.8, 4) is 20.9 Å². The van der Waals surface area contributed by atoms with Gasteiger partial charge in [-0.3, -0.25) is 19.4 Å². The molecule has 2 aromatic carbocycles. The lowest BCUT2D eigenvalue weighted by Crippen LogP contribution is -2.52. The van der Waals surface area contributed by atoms with Crippen molar-refractivity contribution in [2.45, 2.75) is 78.6 Å². The van der Waals surface area contributed by atoms with Crippen molar-refractivity contribution in [3.63, 3.8) is 0 Å². The SMILES string of the molecule is COC(=O)N(C)[C@H](C(=O)N1C[C@@H](C)C[C@H]1c1nc2ccc(-c3cc4sc(-c5ccc6nc([C@@H]7C[C@H](C)CN7C(=O)[C@H](C(C)C)N(C)C(=O)OC)[nH]c6c5)cc4s3)cc2[nH]1)C(C)C.